The van der Waals surface area contributed by atoms with Gasteiger partial charge < -0.3 is 4.18 Å². The molecule has 0 unspecified atom stereocenters. The summed E-state index contributed by atoms with van der Waals surface area (Å²) in [6, 6.07) is 5.95. The van der Waals surface area contributed by atoms with Crippen LogP contribution in [0, 0.1) is 0 Å². The fourth-order valence-electron chi connectivity index (χ4n) is 0.708. The molecule has 0 fully saturated rings. The van der Waals surface area contributed by atoms with Crippen molar-refractivity contribution >= 4 is 27.8 Å². The van der Waals surface area contributed by atoms with E-state index in [1.807, 2.05) is 0 Å². The highest BCUT2D eigenvalue weighted by atomic mass is 35.5. The number of anilines is 1. The van der Waals surface area contributed by atoms with Gasteiger partial charge in [0.1, 0.15) is 5.75 Å². The predicted octanol–water partition coefficient (Wildman–Crippen LogP) is 0.835. The van der Waals surface area contributed by atoms with E-state index in [4.69, 9.17) is 11.8 Å². The first kappa shape index (κ1) is 10.1. The average Bonchev–Trinajstić information content (AvgIpc) is 2.03. The highest BCUT2D eigenvalue weighted by Crippen LogP contribution is 2.16. The molecule has 1 aromatic carbocycles. The number of benzene rings is 1. The molecule has 0 saturated heterocycles. The Balaban J connectivity index is 2.81. The Kier molecular flexibility index (Phi) is 2.97. The van der Waals surface area contributed by atoms with Crippen molar-refractivity contribution in [3.05, 3.63) is 24.3 Å². The largest absolute Gasteiger partial charge is 0.380 e. The highest BCUT2D eigenvalue weighted by molar-refractivity contribution is 7.84. The van der Waals surface area contributed by atoms with Crippen molar-refractivity contribution < 1.29 is 12.6 Å². The van der Waals surface area contributed by atoms with E-state index in [0.29, 0.717) is 5.69 Å². The fraction of sp³-hybridized carbons (Fsp3) is 0. The summed E-state index contributed by atoms with van der Waals surface area (Å²) in [7, 11) is -3.95. The van der Waals surface area contributed by atoms with Crippen LogP contribution in [0.2, 0.25) is 0 Å². The Morgan fingerprint density at radius 3 is 2.23 bits per heavy atom. The van der Waals surface area contributed by atoms with Crippen molar-refractivity contribution in [2.45, 2.75) is 0 Å². The van der Waals surface area contributed by atoms with Gasteiger partial charge in [-0.1, -0.05) is 0 Å². The van der Waals surface area contributed by atoms with E-state index in [2.05, 4.69) is 14.2 Å². The Morgan fingerprint density at radius 1 is 1.31 bits per heavy atom. The summed E-state index contributed by atoms with van der Waals surface area (Å²) in [5.41, 5.74) is 0.628. The number of hydrogen-bond donors (Lipinski definition) is 2. The van der Waals surface area contributed by atoms with Crippen molar-refractivity contribution in [2.75, 3.05) is 4.84 Å². The van der Waals surface area contributed by atoms with Crippen molar-refractivity contribution in [3.63, 3.8) is 0 Å². The van der Waals surface area contributed by atoms with Crippen LogP contribution in [0.15, 0.2) is 24.3 Å². The van der Waals surface area contributed by atoms with Crippen LogP contribution in [0.1, 0.15) is 0 Å². The molecular formula is C6H7ClN2O3S. The van der Waals surface area contributed by atoms with E-state index in [0.717, 1.165) is 0 Å². The standard InChI is InChI=1S/C6H7ClN2O3S/c7-9-5-1-3-6(4-2-5)12-13(8,10)11/h1-4,9H,(H2,8,10,11). The van der Waals surface area contributed by atoms with Crippen LogP contribution in [-0.2, 0) is 10.3 Å². The van der Waals surface area contributed by atoms with Crippen LogP contribution in [0.3, 0.4) is 0 Å². The monoisotopic (exact) mass is 222 g/mol. The minimum absolute atomic E-state index is 0.137. The molecule has 0 aliphatic rings. The number of hydrogen-bond acceptors (Lipinski definition) is 4. The molecule has 0 radical (unpaired) electrons. The molecule has 0 amide bonds. The zero-order chi connectivity index (χ0) is 9.90. The van der Waals surface area contributed by atoms with Crippen LogP contribution < -0.4 is 14.2 Å². The van der Waals surface area contributed by atoms with Gasteiger partial charge in [0.05, 0.1) is 0 Å². The van der Waals surface area contributed by atoms with Gasteiger partial charge >= 0.3 is 10.3 Å². The first-order chi connectivity index (χ1) is 6.01. The van der Waals surface area contributed by atoms with Gasteiger partial charge in [0.25, 0.3) is 0 Å². The topological polar surface area (TPSA) is 81.4 Å². The second-order valence-corrected chi connectivity index (χ2v) is 3.54. The van der Waals surface area contributed by atoms with Crippen LogP contribution in [0.5, 0.6) is 5.75 Å². The summed E-state index contributed by atoms with van der Waals surface area (Å²) in [5.74, 6) is 0.137. The molecule has 0 saturated carbocycles. The molecule has 5 nitrogen and oxygen atoms in total. The summed E-state index contributed by atoms with van der Waals surface area (Å²) < 4.78 is 25.3. The smallest absolute Gasteiger partial charge is 0.371 e. The molecular weight excluding hydrogens is 216 g/mol. The van der Waals surface area contributed by atoms with Crippen molar-refractivity contribution in [1.29, 1.82) is 0 Å². The molecule has 13 heavy (non-hydrogen) atoms. The lowest BCUT2D eigenvalue weighted by molar-refractivity contribution is 0.488. The average molecular weight is 223 g/mol. The molecule has 1 rings (SSSR count). The zero-order valence-corrected chi connectivity index (χ0v) is 7.97. The van der Waals surface area contributed by atoms with E-state index in [-0.39, 0.29) is 5.75 Å². The summed E-state index contributed by atoms with van der Waals surface area (Å²) in [6.45, 7) is 0. The molecule has 7 heteroatoms. The quantitative estimate of drug-likeness (QED) is 0.743. The fourth-order valence-corrected chi connectivity index (χ4v) is 1.21. The lowest BCUT2D eigenvalue weighted by Gasteiger charge is -2.02. The van der Waals surface area contributed by atoms with E-state index >= 15 is 0 Å². The maximum absolute atomic E-state index is 10.5. The van der Waals surface area contributed by atoms with E-state index < -0.39 is 10.3 Å². The summed E-state index contributed by atoms with van der Waals surface area (Å²) >= 11 is 5.28. The Hall–Kier alpha value is -0.980. The van der Waals surface area contributed by atoms with Crippen molar-refractivity contribution in [1.82, 2.24) is 0 Å². The van der Waals surface area contributed by atoms with Gasteiger partial charge in [-0.05, 0) is 24.3 Å². The van der Waals surface area contributed by atoms with Crippen LogP contribution in [0.4, 0.5) is 5.69 Å². The minimum atomic E-state index is -3.95. The van der Waals surface area contributed by atoms with Crippen LogP contribution in [-0.4, -0.2) is 8.42 Å². The minimum Gasteiger partial charge on any atom is -0.371 e. The Morgan fingerprint density at radius 2 is 1.85 bits per heavy atom. The first-order valence-corrected chi connectivity index (χ1v) is 5.05. The number of halogens is 1. The molecule has 0 spiro atoms. The van der Waals surface area contributed by atoms with Gasteiger partial charge in [-0.3, -0.25) is 4.84 Å². The third-order valence-electron chi connectivity index (χ3n) is 1.18. The Bertz CT molecular complexity index is 375. The summed E-state index contributed by atoms with van der Waals surface area (Å²) in [4.78, 5) is 2.35. The van der Waals surface area contributed by atoms with Crippen LogP contribution in [0.25, 0.3) is 0 Å². The van der Waals surface area contributed by atoms with Gasteiger partial charge in [0, 0.05) is 17.5 Å². The van der Waals surface area contributed by atoms with Gasteiger partial charge in [0.15, 0.2) is 0 Å². The summed E-state index contributed by atoms with van der Waals surface area (Å²) in [5, 5.41) is 4.65. The maximum atomic E-state index is 10.5. The van der Waals surface area contributed by atoms with Crippen molar-refractivity contribution in [2.24, 2.45) is 5.14 Å². The number of nitrogens with one attached hydrogen (secondary N) is 1. The van der Waals surface area contributed by atoms with Gasteiger partial charge in [-0.25, -0.2) is 0 Å². The zero-order valence-electron chi connectivity index (χ0n) is 6.40. The lowest BCUT2D eigenvalue weighted by Crippen LogP contribution is -2.18. The highest BCUT2D eigenvalue weighted by Gasteiger charge is 2.03. The second-order valence-electron chi connectivity index (χ2n) is 2.20. The lowest BCUT2D eigenvalue weighted by atomic mass is 10.3. The molecule has 0 aliphatic carbocycles. The third-order valence-corrected chi connectivity index (χ3v) is 1.82. The van der Waals surface area contributed by atoms with E-state index in [9.17, 15) is 8.42 Å². The van der Waals surface area contributed by atoms with E-state index in [1.54, 1.807) is 12.1 Å². The van der Waals surface area contributed by atoms with E-state index in [1.165, 1.54) is 12.1 Å². The van der Waals surface area contributed by atoms with Gasteiger partial charge in [-0.2, -0.15) is 13.6 Å². The second kappa shape index (κ2) is 3.82. The normalized spacial score (nSPS) is 10.9. The molecule has 0 aromatic heterocycles. The van der Waals surface area contributed by atoms with Gasteiger partial charge in [0.2, 0.25) is 0 Å². The third kappa shape index (κ3) is 3.49. The molecule has 72 valence electrons. The maximum Gasteiger partial charge on any atom is 0.380 e. The molecule has 0 heterocycles. The molecule has 0 atom stereocenters. The predicted molar refractivity (Wildman–Crippen MR) is 49.7 cm³/mol. The van der Waals surface area contributed by atoms with Gasteiger partial charge in [-0.15, -0.1) is 0 Å². The SMILES string of the molecule is NS(=O)(=O)Oc1ccc(NCl)cc1. The number of nitrogens with two attached hydrogens (primary N) is 1. The van der Waals surface area contributed by atoms with Crippen molar-refractivity contribution in [3.8, 4) is 5.75 Å². The molecule has 1 aromatic rings. The first-order valence-electron chi connectivity index (χ1n) is 3.20. The molecule has 0 aliphatic heterocycles. The Labute approximate surface area is 80.8 Å². The van der Waals surface area contributed by atoms with Crippen LogP contribution >= 0.6 is 11.8 Å². The number of rotatable bonds is 3. The summed E-state index contributed by atoms with van der Waals surface area (Å²) in [6.07, 6.45) is 0. The molecule has 3 N–H and O–H groups in total. The molecule has 0 bridgehead atoms.